The lowest BCUT2D eigenvalue weighted by atomic mass is 10.1. The molecule has 2 rings (SSSR count). The van der Waals surface area contributed by atoms with Gasteiger partial charge in [-0.05, 0) is 19.1 Å². The number of carbonyl (C=O) groups excluding carboxylic acids is 1. The second kappa shape index (κ2) is 5.71. The second-order valence-electron chi connectivity index (χ2n) is 3.95. The quantitative estimate of drug-likeness (QED) is 0.829. The van der Waals surface area contributed by atoms with Crippen LogP contribution in [0.1, 0.15) is 22.1 Å². The van der Waals surface area contributed by atoms with Crippen molar-refractivity contribution in [1.82, 2.24) is 15.5 Å². The molecule has 19 heavy (non-hydrogen) atoms. The van der Waals surface area contributed by atoms with Crippen LogP contribution in [-0.2, 0) is 6.42 Å². The minimum Gasteiger partial charge on any atom is -0.398 e. The van der Waals surface area contributed by atoms with Gasteiger partial charge in [-0.1, -0.05) is 22.8 Å². The molecule has 1 amide bonds. The third-order valence-electron chi connectivity index (χ3n) is 2.47. The second-order valence-corrected chi connectivity index (χ2v) is 4.35. The summed E-state index contributed by atoms with van der Waals surface area (Å²) in [6, 6.07) is 4.94. The van der Waals surface area contributed by atoms with Gasteiger partial charge in [0.2, 0.25) is 5.89 Å². The number of halogens is 1. The summed E-state index contributed by atoms with van der Waals surface area (Å²) >= 11 is 5.94. The maximum atomic E-state index is 11.9. The van der Waals surface area contributed by atoms with Gasteiger partial charge in [0.1, 0.15) is 0 Å². The van der Waals surface area contributed by atoms with Gasteiger partial charge in [0.05, 0.1) is 10.6 Å². The van der Waals surface area contributed by atoms with Gasteiger partial charge >= 0.3 is 0 Å². The highest BCUT2D eigenvalue weighted by molar-refractivity contribution is 6.34. The molecule has 1 aromatic heterocycles. The van der Waals surface area contributed by atoms with Crippen molar-refractivity contribution in [2.24, 2.45) is 0 Å². The molecular weight excluding hydrogens is 268 g/mol. The van der Waals surface area contributed by atoms with Crippen LogP contribution in [0.25, 0.3) is 0 Å². The average molecular weight is 281 g/mol. The molecule has 2 aromatic rings. The first-order chi connectivity index (χ1) is 9.08. The maximum Gasteiger partial charge on any atom is 0.254 e. The van der Waals surface area contributed by atoms with Crippen molar-refractivity contribution >= 4 is 23.2 Å². The first kappa shape index (κ1) is 13.4. The predicted octanol–water partition coefficient (Wildman–Crippen LogP) is 1.59. The highest BCUT2D eigenvalue weighted by atomic mass is 35.5. The molecule has 0 spiro atoms. The average Bonchev–Trinajstić information content (AvgIpc) is 2.75. The summed E-state index contributed by atoms with van der Waals surface area (Å²) < 4.78 is 4.94. The van der Waals surface area contributed by atoms with Gasteiger partial charge < -0.3 is 15.6 Å². The number of amides is 1. The summed E-state index contributed by atoms with van der Waals surface area (Å²) in [5, 5.41) is 6.69. The van der Waals surface area contributed by atoms with E-state index in [1.54, 1.807) is 25.1 Å². The Labute approximate surface area is 114 Å². The van der Waals surface area contributed by atoms with Crippen LogP contribution in [0.3, 0.4) is 0 Å². The standard InChI is InChI=1S/C12H13ClN4O2/c1-7-16-10(19-17-7)5-6-15-12(18)11-8(13)3-2-4-9(11)14/h2-4H,5-6,14H2,1H3,(H,15,18). The summed E-state index contributed by atoms with van der Waals surface area (Å²) in [5.41, 5.74) is 6.35. The molecule has 0 aliphatic rings. The van der Waals surface area contributed by atoms with E-state index in [9.17, 15) is 4.79 Å². The van der Waals surface area contributed by atoms with Gasteiger partial charge in [0.25, 0.3) is 5.91 Å². The van der Waals surface area contributed by atoms with E-state index >= 15 is 0 Å². The molecule has 6 nitrogen and oxygen atoms in total. The van der Waals surface area contributed by atoms with Crippen molar-refractivity contribution in [1.29, 1.82) is 0 Å². The van der Waals surface area contributed by atoms with E-state index < -0.39 is 0 Å². The highest BCUT2D eigenvalue weighted by Gasteiger charge is 2.13. The molecule has 3 N–H and O–H groups in total. The lowest BCUT2D eigenvalue weighted by molar-refractivity contribution is 0.0954. The van der Waals surface area contributed by atoms with Crippen LogP contribution >= 0.6 is 11.6 Å². The van der Waals surface area contributed by atoms with E-state index in [2.05, 4.69) is 15.5 Å². The fourth-order valence-electron chi connectivity index (χ4n) is 1.59. The molecule has 7 heteroatoms. The van der Waals surface area contributed by atoms with Crippen LogP contribution < -0.4 is 11.1 Å². The number of carbonyl (C=O) groups is 1. The van der Waals surface area contributed by atoms with Crippen molar-refractivity contribution in [2.75, 3.05) is 12.3 Å². The lowest BCUT2D eigenvalue weighted by Gasteiger charge is -2.08. The van der Waals surface area contributed by atoms with E-state index in [1.165, 1.54) is 0 Å². The van der Waals surface area contributed by atoms with Gasteiger partial charge in [-0.15, -0.1) is 0 Å². The van der Waals surface area contributed by atoms with Crippen LogP contribution in [0.2, 0.25) is 5.02 Å². The van der Waals surface area contributed by atoms with E-state index in [1.807, 2.05) is 0 Å². The smallest absolute Gasteiger partial charge is 0.254 e. The highest BCUT2D eigenvalue weighted by Crippen LogP contribution is 2.21. The Hall–Kier alpha value is -2.08. The SMILES string of the molecule is Cc1noc(CCNC(=O)c2c(N)cccc2Cl)n1. The Morgan fingerprint density at radius 1 is 1.53 bits per heavy atom. The van der Waals surface area contributed by atoms with Gasteiger partial charge in [-0.25, -0.2) is 0 Å². The predicted molar refractivity (Wildman–Crippen MR) is 70.9 cm³/mol. The zero-order valence-corrected chi connectivity index (χ0v) is 11.1. The summed E-state index contributed by atoms with van der Waals surface area (Å²) in [7, 11) is 0. The van der Waals surface area contributed by atoms with Crippen LogP contribution in [0.4, 0.5) is 5.69 Å². The normalized spacial score (nSPS) is 10.4. The van der Waals surface area contributed by atoms with Crippen LogP contribution in [0.15, 0.2) is 22.7 Å². The third kappa shape index (κ3) is 3.23. The van der Waals surface area contributed by atoms with E-state index in [-0.39, 0.29) is 11.5 Å². The number of hydrogen-bond acceptors (Lipinski definition) is 5. The van der Waals surface area contributed by atoms with E-state index in [0.29, 0.717) is 35.4 Å². The Morgan fingerprint density at radius 2 is 2.32 bits per heavy atom. The summed E-state index contributed by atoms with van der Waals surface area (Å²) in [6.45, 7) is 2.10. The molecule has 0 unspecified atom stereocenters. The largest absolute Gasteiger partial charge is 0.398 e. The molecule has 0 radical (unpaired) electrons. The molecule has 0 saturated carbocycles. The minimum absolute atomic E-state index is 0.283. The Balaban J connectivity index is 1.94. The number of nitrogens with two attached hydrogens (primary N) is 1. The number of aryl methyl sites for hydroxylation is 1. The molecule has 0 bridgehead atoms. The molecule has 1 aromatic carbocycles. The fraction of sp³-hybridized carbons (Fsp3) is 0.250. The zero-order chi connectivity index (χ0) is 13.8. The number of nitrogen functional groups attached to an aromatic ring is 1. The molecule has 0 fully saturated rings. The first-order valence-corrected chi connectivity index (χ1v) is 6.07. The number of benzene rings is 1. The van der Waals surface area contributed by atoms with Crippen molar-refractivity contribution in [3.63, 3.8) is 0 Å². The number of nitrogens with zero attached hydrogens (tertiary/aromatic N) is 2. The molecular formula is C12H13ClN4O2. The van der Waals surface area contributed by atoms with E-state index in [0.717, 1.165) is 0 Å². The zero-order valence-electron chi connectivity index (χ0n) is 10.3. The monoisotopic (exact) mass is 280 g/mol. The van der Waals surface area contributed by atoms with E-state index in [4.69, 9.17) is 21.9 Å². The Kier molecular flexibility index (Phi) is 4.01. The Bertz CT molecular complexity index is 577. The van der Waals surface area contributed by atoms with Crippen LogP contribution in [0.5, 0.6) is 0 Å². The number of aromatic nitrogens is 2. The lowest BCUT2D eigenvalue weighted by Crippen LogP contribution is -2.26. The van der Waals surface area contributed by atoms with Crippen molar-refractivity contribution in [2.45, 2.75) is 13.3 Å². The van der Waals surface area contributed by atoms with Crippen LogP contribution in [0, 0.1) is 6.92 Å². The number of anilines is 1. The summed E-state index contributed by atoms with van der Waals surface area (Å²) in [6.07, 6.45) is 0.455. The Morgan fingerprint density at radius 3 is 2.95 bits per heavy atom. The molecule has 0 atom stereocenters. The summed E-state index contributed by atoms with van der Waals surface area (Å²) in [5.74, 6) is 0.723. The molecule has 1 heterocycles. The first-order valence-electron chi connectivity index (χ1n) is 5.69. The number of nitrogens with one attached hydrogen (secondary N) is 1. The number of rotatable bonds is 4. The number of hydrogen-bond donors (Lipinski definition) is 2. The fourth-order valence-corrected chi connectivity index (χ4v) is 1.86. The minimum atomic E-state index is -0.320. The topological polar surface area (TPSA) is 94.0 Å². The van der Waals surface area contributed by atoms with Gasteiger partial charge in [-0.2, -0.15) is 4.98 Å². The molecule has 0 aliphatic heterocycles. The molecule has 0 aliphatic carbocycles. The van der Waals surface area contributed by atoms with Crippen molar-refractivity contribution < 1.29 is 9.32 Å². The van der Waals surface area contributed by atoms with Crippen molar-refractivity contribution in [3.05, 3.63) is 40.5 Å². The third-order valence-corrected chi connectivity index (χ3v) is 2.78. The van der Waals surface area contributed by atoms with Gasteiger partial charge in [-0.3, -0.25) is 4.79 Å². The van der Waals surface area contributed by atoms with Crippen LogP contribution in [-0.4, -0.2) is 22.6 Å². The van der Waals surface area contributed by atoms with Gasteiger partial charge in [0.15, 0.2) is 5.82 Å². The van der Waals surface area contributed by atoms with Gasteiger partial charge in [0, 0.05) is 18.7 Å². The molecule has 0 saturated heterocycles. The summed E-state index contributed by atoms with van der Waals surface area (Å²) in [4.78, 5) is 16.0. The van der Waals surface area contributed by atoms with Crippen molar-refractivity contribution in [3.8, 4) is 0 Å². The molecule has 100 valence electrons. The maximum absolute atomic E-state index is 11.9.